The highest BCUT2D eigenvalue weighted by Gasteiger charge is 2.26. The summed E-state index contributed by atoms with van der Waals surface area (Å²) in [5.41, 5.74) is 2.57. The largest absolute Gasteiger partial charge is 0.478 e. The van der Waals surface area contributed by atoms with Crippen molar-refractivity contribution in [2.45, 2.75) is 13.3 Å². The fourth-order valence-electron chi connectivity index (χ4n) is 3.73. The van der Waals surface area contributed by atoms with Crippen molar-refractivity contribution >= 4 is 57.4 Å². The van der Waals surface area contributed by atoms with Crippen LogP contribution < -0.4 is 5.32 Å². The van der Waals surface area contributed by atoms with Crippen LogP contribution in [0.1, 0.15) is 17.4 Å². The lowest BCUT2D eigenvalue weighted by Gasteiger charge is -2.36. The number of nitrogens with one attached hydrogen (secondary N) is 1. The topological polar surface area (TPSA) is 200 Å². The average Bonchev–Trinajstić information content (AvgIpc) is 3.28. The normalized spacial score (nSPS) is 14.3. The number of aliphatic hydroxyl groups is 1. The van der Waals surface area contributed by atoms with Gasteiger partial charge in [0.25, 0.3) is 0 Å². The van der Waals surface area contributed by atoms with E-state index in [2.05, 4.69) is 28.1 Å². The number of carbonyl (C=O) groups is 4. The quantitative estimate of drug-likeness (QED) is 0.252. The Bertz CT molecular complexity index is 1300. The van der Waals surface area contributed by atoms with Gasteiger partial charge in [-0.15, -0.1) is 11.3 Å². The fourth-order valence-corrected chi connectivity index (χ4v) is 4.73. The third-order valence-electron chi connectivity index (χ3n) is 5.63. The van der Waals surface area contributed by atoms with Gasteiger partial charge in [0.2, 0.25) is 0 Å². The molecule has 1 aromatic carbocycles. The van der Waals surface area contributed by atoms with E-state index in [9.17, 15) is 23.6 Å². The maximum absolute atomic E-state index is 13.8. The Balaban J connectivity index is 0.000000319. The van der Waals surface area contributed by atoms with Crippen molar-refractivity contribution in [3.63, 3.8) is 0 Å². The number of aryl methyl sites for hydroxylation is 1. The van der Waals surface area contributed by atoms with Crippen LogP contribution in [0.4, 0.5) is 20.8 Å². The number of hydrogen-bond acceptors (Lipinski definition) is 10. The fraction of sp³-hybridized carbons (Fsp3) is 0.296. The highest BCUT2D eigenvalue weighted by molar-refractivity contribution is 7.16. The summed E-state index contributed by atoms with van der Waals surface area (Å²) in [5, 5.41) is 44.9. The number of benzene rings is 1. The summed E-state index contributed by atoms with van der Waals surface area (Å²) in [7, 11) is 0. The molecule has 0 radical (unpaired) electrons. The van der Waals surface area contributed by atoms with E-state index in [-0.39, 0.29) is 12.4 Å². The number of anilines is 2. The van der Waals surface area contributed by atoms with E-state index in [1.807, 2.05) is 0 Å². The molecule has 0 bridgehead atoms. The molecule has 0 aliphatic carbocycles. The van der Waals surface area contributed by atoms with Gasteiger partial charge in [-0.25, -0.2) is 28.6 Å². The Kier molecular flexibility index (Phi) is 13.3. The van der Waals surface area contributed by atoms with Crippen LogP contribution in [0.3, 0.4) is 0 Å². The zero-order valence-corrected chi connectivity index (χ0v) is 23.4. The summed E-state index contributed by atoms with van der Waals surface area (Å²) >= 11 is 1.74. The van der Waals surface area contributed by atoms with Gasteiger partial charge in [-0.2, -0.15) is 0 Å². The van der Waals surface area contributed by atoms with Crippen molar-refractivity contribution < 1.29 is 49.1 Å². The molecule has 13 nitrogen and oxygen atoms in total. The number of thiophene rings is 1. The number of fused-ring (bicyclic) bond motifs is 2. The summed E-state index contributed by atoms with van der Waals surface area (Å²) in [6.45, 7) is 6.53. The number of nitrogens with zero attached hydrogens (tertiary/aromatic N) is 3. The summed E-state index contributed by atoms with van der Waals surface area (Å²) in [6, 6.07) is 6.91. The number of piperazine rings is 1. The maximum Gasteiger partial charge on any atom is 0.328 e. The number of aliphatic imine (C=N–C) groups is 1. The van der Waals surface area contributed by atoms with E-state index < -0.39 is 23.9 Å². The van der Waals surface area contributed by atoms with Crippen LogP contribution in [-0.2, 0) is 25.6 Å². The first-order chi connectivity index (χ1) is 19.9. The first-order valence-electron chi connectivity index (χ1n) is 12.6. The molecule has 6 N–H and O–H groups in total. The standard InChI is InChI=1S/C19H23FN4OS.2C4H4O4/c1-2-14-12-15-18(24-7-5-23(6-8-24)9-10-25)21-17-11-13(20)3-4-16(17)22-19(15)26-14;2*5-3(6)1-2-4(7)8/h3-4,11-12,22,25H,2,5-10H2,1H3;2*1-2H,(H,5,6)(H,7,8)/b;2*2-1+. The Labute approximate surface area is 244 Å². The maximum atomic E-state index is 13.8. The lowest BCUT2D eigenvalue weighted by atomic mass is 10.2. The van der Waals surface area contributed by atoms with Gasteiger partial charge >= 0.3 is 23.9 Å². The van der Waals surface area contributed by atoms with E-state index >= 15 is 0 Å². The second-order valence-electron chi connectivity index (χ2n) is 8.60. The summed E-state index contributed by atoms with van der Waals surface area (Å²) < 4.78 is 13.8. The monoisotopic (exact) mass is 606 g/mol. The third kappa shape index (κ3) is 11.1. The number of β-amino-alcohol motifs (C(OH)–C–C–N with tert-alkyl or cyclic N) is 1. The van der Waals surface area contributed by atoms with E-state index in [0.717, 1.165) is 54.7 Å². The number of hydrogen-bond donors (Lipinski definition) is 6. The first kappa shape index (κ1) is 33.6. The van der Waals surface area contributed by atoms with E-state index in [4.69, 9.17) is 30.5 Å². The molecule has 0 atom stereocenters. The molecule has 1 aromatic heterocycles. The predicted octanol–water partition coefficient (Wildman–Crippen LogP) is 2.62. The van der Waals surface area contributed by atoms with Gasteiger partial charge in [0.05, 0.1) is 23.5 Å². The number of amidine groups is 1. The van der Waals surface area contributed by atoms with Gasteiger partial charge in [-0.3, -0.25) is 4.90 Å². The minimum atomic E-state index is -1.26. The highest BCUT2D eigenvalue weighted by atomic mass is 32.1. The predicted molar refractivity (Wildman–Crippen MR) is 153 cm³/mol. The molecule has 0 unspecified atom stereocenters. The zero-order chi connectivity index (χ0) is 31.2. The van der Waals surface area contributed by atoms with Crippen molar-refractivity contribution in [1.29, 1.82) is 0 Å². The minimum absolute atomic E-state index is 0.187. The number of aliphatic carboxylic acids is 4. The molecular formula is C27H31FN4O9S. The Morgan fingerprint density at radius 2 is 1.48 bits per heavy atom. The molecule has 1 saturated heterocycles. The van der Waals surface area contributed by atoms with Gasteiger partial charge < -0.3 is 35.7 Å². The second-order valence-corrected chi connectivity index (χ2v) is 9.74. The number of halogens is 1. The van der Waals surface area contributed by atoms with E-state index in [0.29, 0.717) is 36.5 Å². The number of carboxylic acids is 4. The second kappa shape index (κ2) is 16.6. The number of rotatable bonds is 7. The Morgan fingerprint density at radius 3 is 1.95 bits per heavy atom. The molecular weight excluding hydrogens is 575 g/mol. The molecule has 0 saturated carbocycles. The minimum Gasteiger partial charge on any atom is -0.478 e. The molecule has 2 aliphatic heterocycles. The van der Waals surface area contributed by atoms with Gasteiger partial charge in [-0.05, 0) is 24.6 Å². The highest BCUT2D eigenvalue weighted by Crippen LogP contribution is 2.40. The van der Waals surface area contributed by atoms with Crippen LogP contribution in [0.2, 0.25) is 0 Å². The van der Waals surface area contributed by atoms with Gasteiger partial charge in [0.15, 0.2) is 0 Å². The summed E-state index contributed by atoms with van der Waals surface area (Å²) in [4.78, 5) is 48.9. The molecule has 4 rings (SSSR count). The van der Waals surface area contributed by atoms with Crippen molar-refractivity contribution in [2.75, 3.05) is 44.6 Å². The molecule has 2 aliphatic rings. The van der Waals surface area contributed by atoms with Crippen molar-refractivity contribution in [3.8, 4) is 0 Å². The molecule has 42 heavy (non-hydrogen) atoms. The van der Waals surface area contributed by atoms with Crippen molar-refractivity contribution in [2.24, 2.45) is 4.99 Å². The first-order valence-corrected chi connectivity index (χ1v) is 13.4. The van der Waals surface area contributed by atoms with Crippen LogP contribution >= 0.6 is 11.3 Å². The Hall–Kier alpha value is -4.60. The molecule has 1 fully saturated rings. The SMILES string of the molecule is CCc1cc2c(s1)Nc1ccc(F)cc1N=C2N1CCN(CCO)CC1.O=C(O)/C=C/C(=O)O.O=C(O)/C=C/C(=O)O. The molecule has 0 amide bonds. The van der Waals surface area contributed by atoms with Crippen LogP contribution in [0.15, 0.2) is 53.6 Å². The van der Waals surface area contributed by atoms with Crippen LogP contribution in [0.25, 0.3) is 0 Å². The van der Waals surface area contributed by atoms with Gasteiger partial charge in [0.1, 0.15) is 16.7 Å². The lowest BCUT2D eigenvalue weighted by molar-refractivity contribution is -0.134. The zero-order valence-electron chi connectivity index (χ0n) is 22.6. The van der Waals surface area contributed by atoms with Crippen LogP contribution in [0, 0.1) is 5.82 Å². The van der Waals surface area contributed by atoms with E-state index in [1.54, 1.807) is 17.4 Å². The Morgan fingerprint density at radius 1 is 0.929 bits per heavy atom. The third-order valence-corrected chi connectivity index (χ3v) is 6.83. The smallest absolute Gasteiger partial charge is 0.328 e. The molecule has 0 spiro atoms. The van der Waals surface area contributed by atoms with Crippen LogP contribution in [-0.4, -0.2) is 104 Å². The van der Waals surface area contributed by atoms with Crippen LogP contribution in [0.5, 0.6) is 0 Å². The van der Waals surface area contributed by atoms with Crippen molar-refractivity contribution in [3.05, 3.63) is 64.8 Å². The van der Waals surface area contributed by atoms with E-state index in [1.165, 1.54) is 17.0 Å². The van der Waals surface area contributed by atoms with Gasteiger partial charge in [-0.1, -0.05) is 6.92 Å². The molecule has 2 aromatic rings. The average molecular weight is 607 g/mol. The molecule has 15 heteroatoms. The van der Waals surface area contributed by atoms with Crippen molar-refractivity contribution in [1.82, 2.24) is 9.80 Å². The summed E-state index contributed by atoms with van der Waals surface area (Å²) in [6.07, 6.45) is 3.21. The summed E-state index contributed by atoms with van der Waals surface area (Å²) in [5.74, 6) is -4.39. The van der Waals surface area contributed by atoms with Gasteiger partial charge in [0, 0.05) is 68.0 Å². The lowest BCUT2D eigenvalue weighted by Crippen LogP contribution is -2.49. The molecule has 226 valence electrons. The molecule has 3 heterocycles. The number of aliphatic hydroxyl groups excluding tert-OH is 1. The number of carboxylic acid groups (broad SMARTS) is 4.